The highest BCUT2D eigenvalue weighted by molar-refractivity contribution is 6.39. The summed E-state index contributed by atoms with van der Waals surface area (Å²) in [5.41, 5.74) is 1.88. The van der Waals surface area contributed by atoms with Crippen LogP contribution in [-0.2, 0) is 42.9 Å². The summed E-state index contributed by atoms with van der Waals surface area (Å²) in [5, 5.41) is 34.1. The topological polar surface area (TPSA) is 178 Å². The molecule has 0 radical (unpaired) electrons. The average Bonchev–Trinajstić information content (AvgIpc) is 3.19. The van der Waals surface area contributed by atoms with E-state index < -0.39 is 83.7 Å². The number of methoxy groups -OCH3 is 3. The zero-order valence-corrected chi connectivity index (χ0v) is 35.8. The molecule has 0 aromatic rings. The van der Waals surface area contributed by atoms with Crippen molar-refractivity contribution in [1.29, 1.82) is 0 Å². The Kier molecular flexibility index (Phi) is 17.5. The molecule has 13 nitrogen and oxygen atoms in total. The fourth-order valence-electron chi connectivity index (χ4n) is 9.63. The Bertz CT molecular complexity index is 1450. The number of carbonyl (C=O) groups excluding carboxylic acids is 4. The van der Waals surface area contributed by atoms with Crippen LogP contribution in [-0.4, -0.2) is 127 Å². The number of rotatable bonds is 6. The van der Waals surface area contributed by atoms with Crippen molar-refractivity contribution in [3.8, 4) is 0 Å². The van der Waals surface area contributed by atoms with Gasteiger partial charge < -0.3 is 43.9 Å². The molecule has 13 heteroatoms. The lowest BCUT2D eigenvalue weighted by molar-refractivity contribution is -0.302. The number of aliphatic hydroxyl groups is 3. The van der Waals surface area contributed by atoms with Gasteiger partial charge in [0.05, 0.1) is 37.1 Å². The largest absolute Gasteiger partial charge is 0.464 e. The SMILES string of the molecule is CC[C@@H]1/C=C(\C)C[C@H](C)C[C@H](OC)[C@H]2O[C@@](O)(C(=O)C(=O)N3CCCC[C@H]3C(=O)OC[C@H](/C(C)=C/[C@@H]3CC[C@@H](O)[C@H](OC)C3)[C@H](C)[C@@H](O)CC1=O)[C@H](C)C[C@@H]2OC. The van der Waals surface area contributed by atoms with E-state index in [4.69, 9.17) is 23.7 Å². The summed E-state index contributed by atoms with van der Waals surface area (Å²) < 4.78 is 29.5. The molecule has 4 rings (SSSR count). The molecule has 3 heterocycles. The van der Waals surface area contributed by atoms with Crippen LogP contribution < -0.4 is 0 Å². The van der Waals surface area contributed by atoms with E-state index in [1.54, 1.807) is 14.0 Å². The van der Waals surface area contributed by atoms with E-state index in [2.05, 4.69) is 13.0 Å². The van der Waals surface area contributed by atoms with Gasteiger partial charge in [0.1, 0.15) is 17.9 Å². The Balaban J connectivity index is 1.73. The number of fused-ring (bicyclic) bond motifs is 3. The van der Waals surface area contributed by atoms with Crippen molar-refractivity contribution in [2.24, 2.45) is 35.5 Å². The Hall–Kier alpha value is -2.52. The fraction of sp³-hybridized carbons (Fsp3) is 0.818. The number of carbonyl (C=O) groups is 4. The Morgan fingerprint density at radius 3 is 2.23 bits per heavy atom. The highest BCUT2D eigenvalue weighted by Gasteiger charge is 2.56. The number of piperidine rings is 1. The number of amides is 1. The number of hydrogen-bond acceptors (Lipinski definition) is 12. The lowest BCUT2D eigenvalue weighted by atomic mass is 9.78. The molecule has 4 aliphatic rings. The summed E-state index contributed by atoms with van der Waals surface area (Å²) >= 11 is 0. The van der Waals surface area contributed by atoms with Crippen molar-refractivity contribution in [3.63, 3.8) is 0 Å². The second-order valence-corrected chi connectivity index (χ2v) is 17.5. The van der Waals surface area contributed by atoms with Gasteiger partial charge in [0.15, 0.2) is 0 Å². The molecule has 3 fully saturated rings. The van der Waals surface area contributed by atoms with Crippen LogP contribution >= 0.6 is 0 Å². The maximum absolute atomic E-state index is 14.2. The van der Waals surface area contributed by atoms with Crippen molar-refractivity contribution < 1.29 is 58.2 Å². The van der Waals surface area contributed by atoms with Crippen LogP contribution in [0.3, 0.4) is 0 Å². The van der Waals surface area contributed by atoms with Gasteiger partial charge in [0.25, 0.3) is 11.7 Å². The van der Waals surface area contributed by atoms with Crippen molar-refractivity contribution in [1.82, 2.24) is 4.90 Å². The fourth-order valence-corrected chi connectivity index (χ4v) is 9.63. The van der Waals surface area contributed by atoms with Gasteiger partial charge in [-0.3, -0.25) is 14.4 Å². The third-order valence-electron chi connectivity index (χ3n) is 13.3. The third-order valence-corrected chi connectivity index (χ3v) is 13.3. The molecular formula is C44H71NO12. The molecule has 2 bridgehead atoms. The van der Waals surface area contributed by atoms with E-state index in [0.717, 1.165) is 17.6 Å². The van der Waals surface area contributed by atoms with Gasteiger partial charge in [0, 0.05) is 52.0 Å². The highest BCUT2D eigenvalue weighted by Crippen LogP contribution is 2.39. The summed E-state index contributed by atoms with van der Waals surface area (Å²) in [6, 6.07) is -1.07. The summed E-state index contributed by atoms with van der Waals surface area (Å²) in [4.78, 5) is 57.3. The van der Waals surface area contributed by atoms with Gasteiger partial charge in [-0.25, -0.2) is 4.79 Å². The van der Waals surface area contributed by atoms with Crippen LogP contribution in [0.4, 0.5) is 0 Å². The van der Waals surface area contributed by atoms with E-state index in [-0.39, 0.29) is 56.1 Å². The monoisotopic (exact) mass is 805 g/mol. The van der Waals surface area contributed by atoms with Crippen LogP contribution in [0.1, 0.15) is 112 Å². The van der Waals surface area contributed by atoms with E-state index in [0.29, 0.717) is 44.9 Å². The first-order valence-corrected chi connectivity index (χ1v) is 21.2. The van der Waals surface area contributed by atoms with Gasteiger partial charge in [-0.2, -0.15) is 0 Å². The molecule has 324 valence electrons. The number of nitrogens with zero attached hydrogens (tertiary/aromatic N) is 1. The minimum Gasteiger partial charge on any atom is -0.464 e. The molecule has 2 saturated heterocycles. The molecule has 1 aliphatic carbocycles. The molecule has 0 aromatic carbocycles. The van der Waals surface area contributed by atoms with Gasteiger partial charge in [-0.05, 0) is 95.8 Å². The summed E-state index contributed by atoms with van der Waals surface area (Å²) in [6.07, 6.45) is 5.37. The van der Waals surface area contributed by atoms with Crippen LogP contribution in [0.5, 0.6) is 0 Å². The Labute approximate surface area is 339 Å². The smallest absolute Gasteiger partial charge is 0.328 e. The van der Waals surface area contributed by atoms with Gasteiger partial charge in [-0.1, -0.05) is 51.0 Å². The molecule has 1 saturated carbocycles. The number of ketones is 2. The third kappa shape index (κ3) is 11.4. The predicted molar refractivity (Wildman–Crippen MR) is 213 cm³/mol. The average molecular weight is 806 g/mol. The number of ether oxygens (including phenoxy) is 5. The molecule has 0 aromatic heterocycles. The number of cyclic esters (lactones) is 1. The van der Waals surface area contributed by atoms with E-state index in [1.807, 2.05) is 33.8 Å². The summed E-state index contributed by atoms with van der Waals surface area (Å²) in [6.45, 7) is 11.4. The molecule has 3 N–H and O–H groups in total. The molecule has 14 atom stereocenters. The van der Waals surface area contributed by atoms with E-state index >= 15 is 0 Å². The first-order valence-electron chi connectivity index (χ1n) is 21.2. The number of allylic oxidation sites excluding steroid dienone is 3. The lowest BCUT2D eigenvalue weighted by Crippen LogP contribution is -2.64. The quantitative estimate of drug-likeness (QED) is 0.192. The number of hydrogen-bond donors (Lipinski definition) is 3. The number of esters is 1. The van der Waals surface area contributed by atoms with Crippen LogP contribution in [0.2, 0.25) is 0 Å². The minimum atomic E-state index is -2.49. The normalized spacial score (nSPS) is 41.3. The van der Waals surface area contributed by atoms with Crippen LogP contribution in [0.15, 0.2) is 23.3 Å². The molecule has 0 spiro atoms. The Morgan fingerprint density at radius 1 is 0.912 bits per heavy atom. The second kappa shape index (κ2) is 21.1. The first kappa shape index (κ1) is 47.2. The zero-order chi connectivity index (χ0) is 42.2. The molecule has 57 heavy (non-hydrogen) atoms. The van der Waals surface area contributed by atoms with Gasteiger partial charge >= 0.3 is 5.97 Å². The molecule has 0 unspecified atom stereocenters. The number of Topliss-reactive ketones (excluding diaryl/α,β-unsaturated/α-hetero) is 2. The van der Waals surface area contributed by atoms with E-state index in [1.165, 1.54) is 19.1 Å². The van der Waals surface area contributed by atoms with Crippen LogP contribution in [0, 0.1) is 35.5 Å². The first-order chi connectivity index (χ1) is 27.0. The zero-order valence-electron chi connectivity index (χ0n) is 35.8. The standard InChI is InChI=1S/C44H71NO12/c1-10-31-18-25(2)17-26(3)19-38(54-8)40-39(55-9)21-28(5)44(52,57-40)41(49)42(50)45-16-12-11-13-33(45)43(51)56-24-32(29(6)35(47)23-36(31)48)27(4)20-30-14-15-34(46)37(22-30)53-7/h18,20,26,28-35,37-40,46-47,52H,10-17,19,21-24H2,1-9H3/b25-18+,27-20+/t26-,28+,29-,30-,31+,32+,33-,34+,35-,37+,38-,39-,40+,44+/m0/s1. The second-order valence-electron chi connectivity index (χ2n) is 17.5. The van der Waals surface area contributed by atoms with Crippen molar-refractivity contribution in [2.75, 3.05) is 34.5 Å². The molecule has 3 aliphatic heterocycles. The maximum Gasteiger partial charge on any atom is 0.328 e. The van der Waals surface area contributed by atoms with Crippen LogP contribution in [0.25, 0.3) is 0 Å². The molecular weight excluding hydrogens is 734 g/mol. The van der Waals surface area contributed by atoms with E-state index in [9.17, 15) is 34.5 Å². The van der Waals surface area contributed by atoms with Gasteiger partial charge in [0.2, 0.25) is 5.79 Å². The lowest BCUT2D eigenvalue weighted by Gasteiger charge is -2.47. The molecule has 1 amide bonds. The van der Waals surface area contributed by atoms with Crippen molar-refractivity contribution >= 4 is 23.4 Å². The summed E-state index contributed by atoms with van der Waals surface area (Å²) in [7, 11) is 4.65. The number of aliphatic hydroxyl groups excluding tert-OH is 2. The maximum atomic E-state index is 14.2. The van der Waals surface area contributed by atoms with Crippen molar-refractivity contribution in [2.45, 2.75) is 161 Å². The highest BCUT2D eigenvalue weighted by atomic mass is 16.7. The van der Waals surface area contributed by atoms with Gasteiger partial charge in [-0.15, -0.1) is 0 Å². The van der Waals surface area contributed by atoms with Crippen molar-refractivity contribution in [3.05, 3.63) is 23.3 Å². The summed E-state index contributed by atoms with van der Waals surface area (Å²) in [5.74, 6) is -7.47. The Morgan fingerprint density at radius 2 is 1.58 bits per heavy atom. The minimum absolute atomic E-state index is 0.0374. The predicted octanol–water partition coefficient (Wildman–Crippen LogP) is 4.72.